The van der Waals surface area contributed by atoms with Crippen LogP contribution >= 0.6 is 0 Å². The first-order valence-electron chi connectivity index (χ1n) is 7.24. The smallest absolute Gasteiger partial charge is 0.259 e. The monoisotopic (exact) mass is 315 g/mol. The number of hydrogen-bond donors (Lipinski definition) is 2. The molecular formula is C16H17N3O4. The number of hydrogen-bond acceptors (Lipinski definition) is 4. The normalized spacial score (nSPS) is 17.6. The molecule has 3 N–H and O–H groups in total. The van der Waals surface area contributed by atoms with Crippen LogP contribution in [0.2, 0.25) is 0 Å². The number of pyridine rings is 1. The van der Waals surface area contributed by atoms with Gasteiger partial charge in [-0.15, -0.1) is 0 Å². The second-order valence-electron chi connectivity index (χ2n) is 5.88. The molecule has 2 amide bonds. The van der Waals surface area contributed by atoms with Crippen LogP contribution in [0.3, 0.4) is 0 Å². The van der Waals surface area contributed by atoms with Crippen LogP contribution in [-0.2, 0) is 9.59 Å². The Hall–Kier alpha value is -2.67. The lowest BCUT2D eigenvalue weighted by atomic mass is 9.92. The first-order chi connectivity index (χ1) is 10.8. The van der Waals surface area contributed by atoms with Crippen molar-refractivity contribution in [1.29, 1.82) is 0 Å². The van der Waals surface area contributed by atoms with Crippen LogP contribution < -0.4 is 11.3 Å². The average Bonchev–Trinajstić information content (AvgIpc) is 2.51. The summed E-state index contributed by atoms with van der Waals surface area (Å²) in [4.78, 5) is 37.3. The molecule has 1 aliphatic heterocycles. The molecule has 1 aromatic heterocycles. The Kier molecular flexibility index (Phi) is 3.45. The maximum Gasteiger partial charge on any atom is 0.259 e. The molecule has 1 unspecified atom stereocenters. The van der Waals surface area contributed by atoms with Gasteiger partial charge in [-0.2, -0.15) is 0 Å². The molecule has 0 radical (unpaired) electrons. The standard InChI is InChI=1S/C16H17N3O4/c1-10(13(20)18-8-16(23,9-18)15(17)22)19-7-6-11-4-2-3-5-12(11)14(19)21/h2-7,10,23H,8-9H2,1H3,(H2,17,22). The fourth-order valence-electron chi connectivity index (χ4n) is 2.79. The molecule has 7 heteroatoms. The number of fused-ring (bicyclic) bond motifs is 1. The van der Waals surface area contributed by atoms with E-state index in [4.69, 9.17) is 5.73 Å². The van der Waals surface area contributed by atoms with Gasteiger partial charge in [0.2, 0.25) is 5.91 Å². The van der Waals surface area contributed by atoms with E-state index in [1.807, 2.05) is 12.1 Å². The van der Waals surface area contributed by atoms with E-state index in [1.54, 1.807) is 31.3 Å². The highest BCUT2D eigenvalue weighted by atomic mass is 16.3. The number of carbonyl (C=O) groups is 2. The maximum absolute atomic E-state index is 12.5. The number of aromatic nitrogens is 1. The van der Waals surface area contributed by atoms with Crippen LogP contribution in [0.15, 0.2) is 41.3 Å². The van der Waals surface area contributed by atoms with Crippen LogP contribution in [0.1, 0.15) is 13.0 Å². The third-order valence-electron chi connectivity index (χ3n) is 4.29. The summed E-state index contributed by atoms with van der Waals surface area (Å²) in [5.41, 5.74) is 3.17. The van der Waals surface area contributed by atoms with Gasteiger partial charge in [-0.1, -0.05) is 18.2 Å². The fourth-order valence-corrected chi connectivity index (χ4v) is 2.79. The SMILES string of the molecule is CC(C(=O)N1CC(O)(C(N)=O)C1)n1ccc2ccccc2c1=O. The first kappa shape index (κ1) is 15.2. The molecule has 7 nitrogen and oxygen atoms in total. The average molecular weight is 315 g/mol. The van der Waals surface area contributed by atoms with E-state index < -0.39 is 17.6 Å². The van der Waals surface area contributed by atoms with Crippen molar-refractivity contribution in [3.63, 3.8) is 0 Å². The van der Waals surface area contributed by atoms with Crippen molar-refractivity contribution in [1.82, 2.24) is 9.47 Å². The van der Waals surface area contributed by atoms with Crippen molar-refractivity contribution in [3.05, 3.63) is 46.9 Å². The van der Waals surface area contributed by atoms with Crippen molar-refractivity contribution >= 4 is 22.6 Å². The van der Waals surface area contributed by atoms with E-state index in [0.717, 1.165) is 5.39 Å². The molecule has 1 saturated heterocycles. The van der Waals surface area contributed by atoms with Crippen LogP contribution in [0.25, 0.3) is 10.8 Å². The molecule has 1 atom stereocenters. The lowest BCUT2D eigenvalue weighted by Crippen LogP contribution is -2.69. The van der Waals surface area contributed by atoms with Gasteiger partial charge in [-0.05, 0) is 24.4 Å². The van der Waals surface area contributed by atoms with Gasteiger partial charge in [0.25, 0.3) is 11.5 Å². The van der Waals surface area contributed by atoms with Gasteiger partial charge in [0.15, 0.2) is 5.60 Å². The van der Waals surface area contributed by atoms with Crippen molar-refractivity contribution in [3.8, 4) is 0 Å². The second kappa shape index (κ2) is 5.20. The largest absolute Gasteiger partial charge is 0.377 e. The molecule has 1 aliphatic rings. The summed E-state index contributed by atoms with van der Waals surface area (Å²) < 4.78 is 1.35. The molecule has 0 aliphatic carbocycles. The molecule has 120 valence electrons. The number of likely N-dealkylation sites (tertiary alicyclic amines) is 1. The number of amides is 2. The number of rotatable bonds is 3. The highest BCUT2D eigenvalue weighted by molar-refractivity contribution is 5.90. The number of aliphatic hydroxyl groups is 1. The van der Waals surface area contributed by atoms with E-state index in [1.165, 1.54) is 9.47 Å². The van der Waals surface area contributed by atoms with Crippen molar-refractivity contribution < 1.29 is 14.7 Å². The molecule has 0 saturated carbocycles. The van der Waals surface area contributed by atoms with Gasteiger partial charge in [0.05, 0.1) is 13.1 Å². The predicted molar refractivity (Wildman–Crippen MR) is 83.6 cm³/mol. The van der Waals surface area contributed by atoms with Crippen molar-refractivity contribution in [2.75, 3.05) is 13.1 Å². The molecule has 0 spiro atoms. The van der Waals surface area contributed by atoms with Gasteiger partial charge in [0, 0.05) is 11.6 Å². The van der Waals surface area contributed by atoms with Crippen LogP contribution in [-0.4, -0.2) is 45.1 Å². The van der Waals surface area contributed by atoms with Crippen LogP contribution in [0.5, 0.6) is 0 Å². The summed E-state index contributed by atoms with van der Waals surface area (Å²) in [6.45, 7) is 1.32. The minimum Gasteiger partial charge on any atom is -0.377 e. The minimum atomic E-state index is -1.66. The molecule has 3 rings (SSSR count). The number of carbonyl (C=O) groups excluding carboxylic acids is 2. The summed E-state index contributed by atoms with van der Waals surface area (Å²) in [5.74, 6) is -1.19. The van der Waals surface area contributed by atoms with Crippen molar-refractivity contribution in [2.24, 2.45) is 5.73 Å². The summed E-state index contributed by atoms with van der Waals surface area (Å²) in [5, 5.41) is 11.2. The highest BCUT2D eigenvalue weighted by Gasteiger charge is 2.49. The Balaban J connectivity index is 1.85. The molecule has 2 aromatic rings. The summed E-state index contributed by atoms with van der Waals surface area (Å²) in [6.07, 6.45) is 1.58. The van der Waals surface area contributed by atoms with Crippen LogP contribution in [0.4, 0.5) is 0 Å². The lowest BCUT2D eigenvalue weighted by Gasteiger charge is -2.45. The highest BCUT2D eigenvalue weighted by Crippen LogP contribution is 2.23. The zero-order chi connectivity index (χ0) is 16.8. The zero-order valence-electron chi connectivity index (χ0n) is 12.6. The van der Waals surface area contributed by atoms with Crippen molar-refractivity contribution in [2.45, 2.75) is 18.6 Å². The van der Waals surface area contributed by atoms with E-state index in [2.05, 4.69) is 0 Å². The quantitative estimate of drug-likeness (QED) is 0.805. The van der Waals surface area contributed by atoms with Crippen LogP contribution in [0, 0.1) is 0 Å². The lowest BCUT2D eigenvalue weighted by molar-refractivity contribution is -0.167. The predicted octanol–water partition coefficient (Wildman–Crippen LogP) is -0.379. The Bertz CT molecular complexity index is 852. The van der Waals surface area contributed by atoms with E-state index in [9.17, 15) is 19.5 Å². The van der Waals surface area contributed by atoms with Gasteiger partial charge in [-0.3, -0.25) is 14.4 Å². The van der Waals surface area contributed by atoms with Gasteiger partial charge >= 0.3 is 0 Å². The Morgan fingerprint density at radius 3 is 2.57 bits per heavy atom. The first-order valence-corrected chi connectivity index (χ1v) is 7.24. The van der Waals surface area contributed by atoms with E-state index >= 15 is 0 Å². The molecule has 1 fully saturated rings. The topological polar surface area (TPSA) is 106 Å². The number of nitrogens with two attached hydrogens (primary N) is 1. The molecule has 2 heterocycles. The molecule has 23 heavy (non-hydrogen) atoms. The third kappa shape index (κ3) is 2.39. The molecule has 1 aromatic carbocycles. The Labute approximate surface area is 131 Å². The summed E-state index contributed by atoms with van der Waals surface area (Å²) in [6, 6.07) is 8.19. The third-order valence-corrected chi connectivity index (χ3v) is 4.29. The number of benzene rings is 1. The number of primary amides is 1. The zero-order valence-corrected chi connectivity index (χ0v) is 12.6. The number of nitrogens with zero attached hydrogens (tertiary/aromatic N) is 2. The summed E-state index contributed by atoms with van der Waals surface area (Å²) in [7, 11) is 0. The maximum atomic E-state index is 12.5. The van der Waals surface area contributed by atoms with Gasteiger partial charge in [0.1, 0.15) is 6.04 Å². The second-order valence-corrected chi connectivity index (χ2v) is 5.88. The Morgan fingerprint density at radius 1 is 1.26 bits per heavy atom. The van der Waals surface area contributed by atoms with Gasteiger partial charge in [-0.25, -0.2) is 0 Å². The fraction of sp³-hybridized carbons (Fsp3) is 0.312. The van der Waals surface area contributed by atoms with E-state index in [0.29, 0.717) is 5.39 Å². The van der Waals surface area contributed by atoms with E-state index in [-0.39, 0.29) is 24.6 Å². The summed E-state index contributed by atoms with van der Waals surface area (Å²) >= 11 is 0. The number of β-amino-alcohol motifs (C(OH)–C–C–N with tert-alkyl or cyclic N) is 1. The Morgan fingerprint density at radius 2 is 1.91 bits per heavy atom. The molecule has 0 bridgehead atoms. The molecular weight excluding hydrogens is 298 g/mol. The minimum absolute atomic E-state index is 0.145. The van der Waals surface area contributed by atoms with Gasteiger partial charge < -0.3 is 20.3 Å².